The number of hydrogen-bond acceptors (Lipinski definition) is 3. The largest absolute Gasteiger partial charge is 0.393 e. The molecule has 2 atom stereocenters. The Labute approximate surface area is 112 Å². The molecule has 0 aromatic rings. The summed E-state index contributed by atoms with van der Waals surface area (Å²) in [5.74, 6) is 0. The molecule has 0 fully saturated rings. The Morgan fingerprint density at radius 2 is 1.50 bits per heavy atom. The number of unbranched alkanes of at least 4 members (excludes halogenated alkanes) is 3. The molecule has 0 saturated carbocycles. The highest BCUT2D eigenvalue weighted by atomic mass is 32.2. The molecule has 18 heavy (non-hydrogen) atoms. The standard InChI is InChI=1S/C13H28O4S/c1-3-5-7-8-12(14)10-11-13(9-6-4-2)18(15,16)17/h12-14H,3-11H2,1-2H3,(H,15,16,17). The van der Waals surface area contributed by atoms with E-state index in [1.54, 1.807) is 0 Å². The van der Waals surface area contributed by atoms with E-state index in [2.05, 4.69) is 6.92 Å². The first kappa shape index (κ1) is 17.9. The molecule has 0 aromatic carbocycles. The van der Waals surface area contributed by atoms with Crippen LogP contribution in [0.2, 0.25) is 0 Å². The zero-order chi connectivity index (χ0) is 14.0. The van der Waals surface area contributed by atoms with E-state index in [0.29, 0.717) is 19.3 Å². The highest BCUT2D eigenvalue weighted by Crippen LogP contribution is 2.18. The SMILES string of the molecule is CCCCCC(O)CCC(CCCC)S(=O)(=O)O. The second-order valence-corrected chi connectivity index (χ2v) is 6.70. The molecule has 0 saturated heterocycles. The number of aliphatic hydroxyl groups excluding tert-OH is 1. The molecule has 0 aliphatic carbocycles. The summed E-state index contributed by atoms with van der Waals surface area (Å²) in [4.78, 5) is 0. The van der Waals surface area contributed by atoms with E-state index < -0.39 is 21.5 Å². The summed E-state index contributed by atoms with van der Waals surface area (Å²) >= 11 is 0. The highest BCUT2D eigenvalue weighted by Gasteiger charge is 2.23. The third-order valence-corrected chi connectivity index (χ3v) is 4.58. The van der Waals surface area contributed by atoms with Crippen LogP contribution in [0.4, 0.5) is 0 Å². The van der Waals surface area contributed by atoms with Crippen molar-refractivity contribution >= 4 is 10.1 Å². The van der Waals surface area contributed by atoms with Crippen molar-refractivity contribution in [3.63, 3.8) is 0 Å². The van der Waals surface area contributed by atoms with Crippen LogP contribution in [0, 0.1) is 0 Å². The average Bonchev–Trinajstić information content (AvgIpc) is 2.27. The predicted octanol–water partition coefficient (Wildman–Crippen LogP) is 3.15. The Balaban J connectivity index is 4.02. The van der Waals surface area contributed by atoms with Gasteiger partial charge in [0.15, 0.2) is 0 Å². The molecule has 0 aliphatic rings. The summed E-state index contributed by atoms with van der Waals surface area (Å²) in [6.07, 6.45) is 6.44. The van der Waals surface area contributed by atoms with Crippen molar-refractivity contribution in [1.82, 2.24) is 0 Å². The van der Waals surface area contributed by atoms with Crippen LogP contribution >= 0.6 is 0 Å². The molecule has 4 nitrogen and oxygen atoms in total. The summed E-state index contributed by atoms with van der Waals surface area (Å²) in [5, 5.41) is 9.03. The van der Waals surface area contributed by atoms with Gasteiger partial charge in [0.25, 0.3) is 10.1 Å². The van der Waals surface area contributed by atoms with Crippen molar-refractivity contribution in [1.29, 1.82) is 0 Å². The van der Waals surface area contributed by atoms with E-state index in [1.807, 2.05) is 6.92 Å². The Bertz CT molecular complexity index is 287. The van der Waals surface area contributed by atoms with Crippen LogP contribution in [0.15, 0.2) is 0 Å². The average molecular weight is 280 g/mol. The van der Waals surface area contributed by atoms with E-state index in [1.165, 1.54) is 0 Å². The van der Waals surface area contributed by atoms with Crippen molar-refractivity contribution in [3.8, 4) is 0 Å². The molecule has 0 bridgehead atoms. The third-order valence-electron chi connectivity index (χ3n) is 3.26. The lowest BCUT2D eigenvalue weighted by Crippen LogP contribution is -2.22. The number of aliphatic hydroxyl groups is 1. The molecular formula is C13H28O4S. The van der Waals surface area contributed by atoms with Crippen LogP contribution < -0.4 is 0 Å². The van der Waals surface area contributed by atoms with E-state index in [0.717, 1.165) is 38.5 Å². The van der Waals surface area contributed by atoms with Gasteiger partial charge in [0.2, 0.25) is 0 Å². The van der Waals surface area contributed by atoms with Crippen molar-refractivity contribution in [2.45, 2.75) is 83.0 Å². The molecule has 0 amide bonds. The molecule has 2 unspecified atom stereocenters. The van der Waals surface area contributed by atoms with Crippen LogP contribution in [-0.4, -0.2) is 29.4 Å². The summed E-state index contributed by atoms with van der Waals surface area (Å²) in [6, 6.07) is 0. The van der Waals surface area contributed by atoms with Crippen molar-refractivity contribution in [2.75, 3.05) is 0 Å². The maximum atomic E-state index is 11.2. The van der Waals surface area contributed by atoms with Crippen molar-refractivity contribution < 1.29 is 18.1 Å². The molecule has 0 aromatic heterocycles. The first-order valence-electron chi connectivity index (χ1n) is 7.06. The van der Waals surface area contributed by atoms with Crippen molar-refractivity contribution in [2.24, 2.45) is 0 Å². The van der Waals surface area contributed by atoms with Gasteiger partial charge in [-0.2, -0.15) is 8.42 Å². The Kier molecular flexibility index (Phi) is 9.68. The Hall–Kier alpha value is -0.130. The fourth-order valence-electron chi connectivity index (χ4n) is 2.03. The first-order valence-corrected chi connectivity index (χ1v) is 8.56. The summed E-state index contributed by atoms with van der Waals surface area (Å²) in [6.45, 7) is 4.09. The Morgan fingerprint density at radius 3 is 2.00 bits per heavy atom. The second-order valence-electron chi connectivity index (χ2n) is 5.01. The third kappa shape index (κ3) is 8.89. The molecule has 110 valence electrons. The summed E-state index contributed by atoms with van der Waals surface area (Å²) in [7, 11) is -3.97. The van der Waals surface area contributed by atoms with Gasteiger partial charge < -0.3 is 5.11 Å². The fourth-order valence-corrected chi connectivity index (χ4v) is 2.93. The second kappa shape index (κ2) is 9.75. The fraction of sp³-hybridized carbons (Fsp3) is 1.00. The quantitative estimate of drug-likeness (QED) is 0.450. The van der Waals surface area contributed by atoms with E-state index in [4.69, 9.17) is 4.55 Å². The maximum absolute atomic E-state index is 11.2. The zero-order valence-corrected chi connectivity index (χ0v) is 12.5. The molecule has 0 heterocycles. The molecular weight excluding hydrogens is 252 g/mol. The lowest BCUT2D eigenvalue weighted by atomic mass is 10.0. The van der Waals surface area contributed by atoms with Gasteiger partial charge in [0, 0.05) is 0 Å². The van der Waals surface area contributed by atoms with E-state index in [-0.39, 0.29) is 0 Å². The normalized spacial score (nSPS) is 15.6. The number of rotatable bonds is 11. The molecule has 0 radical (unpaired) electrons. The topological polar surface area (TPSA) is 74.6 Å². The van der Waals surface area contributed by atoms with Crippen LogP contribution in [-0.2, 0) is 10.1 Å². The maximum Gasteiger partial charge on any atom is 0.267 e. The minimum atomic E-state index is -3.97. The smallest absolute Gasteiger partial charge is 0.267 e. The van der Waals surface area contributed by atoms with Gasteiger partial charge in [-0.1, -0.05) is 46.0 Å². The van der Waals surface area contributed by atoms with Crippen LogP contribution in [0.3, 0.4) is 0 Å². The molecule has 0 aliphatic heterocycles. The van der Waals surface area contributed by atoms with Crippen LogP contribution in [0.5, 0.6) is 0 Å². The van der Waals surface area contributed by atoms with Crippen LogP contribution in [0.25, 0.3) is 0 Å². The van der Waals surface area contributed by atoms with E-state index in [9.17, 15) is 13.5 Å². The van der Waals surface area contributed by atoms with Gasteiger partial charge in [-0.25, -0.2) is 0 Å². The van der Waals surface area contributed by atoms with Crippen molar-refractivity contribution in [3.05, 3.63) is 0 Å². The zero-order valence-electron chi connectivity index (χ0n) is 11.6. The number of hydrogen-bond donors (Lipinski definition) is 2. The highest BCUT2D eigenvalue weighted by molar-refractivity contribution is 7.86. The summed E-state index contributed by atoms with van der Waals surface area (Å²) in [5.41, 5.74) is 0. The lowest BCUT2D eigenvalue weighted by molar-refractivity contribution is 0.147. The van der Waals surface area contributed by atoms with Crippen LogP contribution in [0.1, 0.15) is 71.6 Å². The van der Waals surface area contributed by atoms with Gasteiger partial charge in [0.05, 0.1) is 11.4 Å². The van der Waals surface area contributed by atoms with Gasteiger partial charge in [0.1, 0.15) is 0 Å². The lowest BCUT2D eigenvalue weighted by Gasteiger charge is -2.16. The monoisotopic (exact) mass is 280 g/mol. The minimum Gasteiger partial charge on any atom is -0.393 e. The molecule has 0 spiro atoms. The molecule has 0 rings (SSSR count). The first-order chi connectivity index (χ1) is 8.41. The van der Waals surface area contributed by atoms with Gasteiger partial charge in [-0.05, 0) is 25.7 Å². The summed E-state index contributed by atoms with van der Waals surface area (Å²) < 4.78 is 31.5. The molecule has 5 heteroatoms. The predicted molar refractivity (Wildman–Crippen MR) is 74.2 cm³/mol. The van der Waals surface area contributed by atoms with Gasteiger partial charge in [-0.3, -0.25) is 4.55 Å². The van der Waals surface area contributed by atoms with E-state index >= 15 is 0 Å². The molecule has 2 N–H and O–H groups in total. The minimum absolute atomic E-state index is 0.353. The Morgan fingerprint density at radius 1 is 0.889 bits per heavy atom. The van der Waals surface area contributed by atoms with Gasteiger partial charge >= 0.3 is 0 Å². The van der Waals surface area contributed by atoms with Gasteiger partial charge in [-0.15, -0.1) is 0 Å².